The number of hydrogen-bond donors (Lipinski definition) is 1. The van der Waals surface area contributed by atoms with Crippen molar-refractivity contribution in [2.45, 2.75) is 17.8 Å². The molecular weight excluding hydrogens is 358 g/mol. The zero-order chi connectivity index (χ0) is 18.4. The number of amides is 1. The molecule has 1 aliphatic carbocycles. The first kappa shape index (κ1) is 17.2. The van der Waals surface area contributed by atoms with Crippen molar-refractivity contribution in [3.63, 3.8) is 0 Å². The van der Waals surface area contributed by atoms with Gasteiger partial charge in [0.05, 0.1) is 5.41 Å². The number of nitrogens with one attached hydrogen (secondary N) is 1. The number of carbonyl (C=O) groups is 1. The van der Waals surface area contributed by atoms with Crippen molar-refractivity contribution in [3.05, 3.63) is 64.7 Å². The van der Waals surface area contributed by atoms with Gasteiger partial charge in [-0.1, -0.05) is 41.9 Å². The second kappa shape index (κ2) is 6.62. The largest absolute Gasteiger partial charge is 0.314 e. The summed E-state index contributed by atoms with van der Waals surface area (Å²) < 4.78 is 0. The van der Waals surface area contributed by atoms with Crippen molar-refractivity contribution in [3.8, 4) is 0 Å². The van der Waals surface area contributed by atoms with E-state index in [1.54, 1.807) is 0 Å². The normalized spacial score (nSPS) is 27.2. The van der Waals surface area contributed by atoms with Gasteiger partial charge in [-0.3, -0.25) is 9.69 Å². The van der Waals surface area contributed by atoms with Gasteiger partial charge >= 0.3 is 0 Å². The van der Waals surface area contributed by atoms with E-state index in [-0.39, 0.29) is 17.2 Å². The number of anilines is 1. The first-order chi connectivity index (χ1) is 13.2. The molecular formula is C22H24ClN3O. The monoisotopic (exact) mass is 381 g/mol. The Morgan fingerprint density at radius 3 is 2.56 bits per heavy atom. The van der Waals surface area contributed by atoms with Crippen LogP contribution >= 0.6 is 11.6 Å². The maximum absolute atomic E-state index is 13.5. The van der Waals surface area contributed by atoms with Gasteiger partial charge < -0.3 is 10.2 Å². The molecule has 5 heteroatoms. The Labute approximate surface area is 165 Å². The maximum atomic E-state index is 13.5. The lowest BCUT2D eigenvalue weighted by Gasteiger charge is -2.29. The predicted octanol–water partition coefficient (Wildman–Crippen LogP) is 3.02. The lowest BCUT2D eigenvalue weighted by Crippen LogP contribution is -2.47. The summed E-state index contributed by atoms with van der Waals surface area (Å²) in [4.78, 5) is 18.0. The smallest absolute Gasteiger partial charge is 0.238 e. The van der Waals surface area contributed by atoms with Crippen molar-refractivity contribution in [2.24, 2.45) is 0 Å². The fourth-order valence-electron chi connectivity index (χ4n) is 4.84. The summed E-state index contributed by atoms with van der Waals surface area (Å²) in [5.41, 5.74) is 3.16. The van der Waals surface area contributed by atoms with Crippen LogP contribution in [0.3, 0.4) is 0 Å². The van der Waals surface area contributed by atoms with Crippen molar-refractivity contribution in [1.29, 1.82) is 0 Å². The van der Waals surface area contributed by atoms with Crippen molar-refractivity contribution >= 4 is 23.2 Å². The lowest BCUT2D eigenvalue weighted by atomic mass is 9.92. The highest BCUT2D eigenvalue weighted by molar-refractivity contribution is 6.30. The molecule has 0 radical (unpaired) electrons. The minimum Gasteiger partial charge on any atom is -0.314 e. The first-order valence-corrected chi connectivity index (χ1v) is 10.2. The number of para-hydroxylation sites is 1. The highest BCUT2D eigenvalue weighted by atomic mass is 35.5. The highest BCUT2D eigenvalue weighted by Crippen LogP contribution is 2.66. The van der Waals surface area contributed by atoms with E-state index in [2.05, 4.69) is 40.5 Å². The number of rotatable bonds is 4. The topological polar surface area (TPSA) is 35.6 Å². The Kier molecular flexibility index (Phi) is 4.23. The van der Waals surface area contributed by atoms with E-state index in [0.29, 0.717) is 0 Å². The number of hydrogen-bond acceptors (Lipinski definition) is 3. The molecule has 0 bridgehead atoms. The molecule has 1 spiro atoms. The quantitative estimate of drug-likeness (QED) is 0.884. The van der Waals surface area contributed by atoms with Gasteiger partial charge in [0.15, 0.2) is 0 Å². The van der Waals surface area contributed by atoms with Crippen LogP contribution in [-0.4, -0.2) is 50.1 Å². The molecule has 1 saturated heterocycles. The van der Waals surface area contributed by atoms with Gasteiger partial charge in [-0.05, 0) is 35.7 Å². The van der Waals surface area contributed by atoms with Crippen molar-refractivity contribution in [2.75, 3.05) is 44.2 Å². The van der Waals surface area contributed by atoms with Crippen molar-refractivity contribution < 1.29 is 4.79 Å². The maximum Gasteiger partial charge on any atom is 0.238 e. The van der Waals surface area contributed by atoms with E-state index in [4.69, 9.17) is 11.6 Å². The number of benzene rings is 2. The van der Waals surface area contributed by atoms with Gasteiger partial charge in [0.25, 0.3) is 0 Å². The van der Waals surface area contributed by atoms with Crippen LogP contribution in [-0.2, 0) is 10.2 Å². The van der Waals surface area contributed by atoms with Gasteiger partial charge in [0.1, 0.15) is 0 Å². The zero-order valence-corrected chi connectivity index (χ0v) is 16.1. The van der Waals surface area contributed by atoms with E-state index >= 15 is 0 Å². The minimum absolute atomic E-state index is 0.257. The molecule has 1 amide bonds. The Morgan fingerprint density at radius 2 is 1.78 bits per heavy atom. The molecule has 3 aliphatic rings. The number of piperazine rings is 1. The molecule has 2 fully saturated rings. The molecule has 27 heavy (non-hydrogen) atoms. The molecule has 1 N–H and O–H groups in total. The fraction of sp³-hybridized carbons (Fsp3) is 0.409. The van der Waals surface area contributed by atoms with E-state index in [9.17, 15) is 4.79 Å². The number of carbonyl (C=O) groups excluding carboxylic acids is 1. The minimum atomic E-state index is -0.367. The van der Waals surface area contributed by atoms with Crippen molar-refractivity contribution in [1.82, 2.24) is 10.2 Å². The molecule has 2 aromatic rings. The Morgan fingerprint density at radius 1 is 1.04 bits per heavy atom. The summed E-state index contributed by atoms with van der Waals surface area (Å²) in [6.07, 6.45) is 0.897. The summed E-state index contributed by atoms with van der Waals surface area (Å²) in [6, 6.07) is 16.4. The standard InChI is InChI=1S/C22H24ClN3O/c23-17-7-5-16(6-8-17)19-15-22(19)18-3-1-2-4-20(18)26(21(22)27)14-13-25-11-9-24-10-12-25/h1-8,19,24H,9-15H2/t19-,22-/m1/s1. The molecule has 2 aromatic carbocycles. The van der Waals surface area contributed by atoms with Gasteiger partial charge in [-0.2, -0.15) is 0 Å². The third-order valence-corrected chi connectivity index (χ3v) is 6.64. The second-order valence-corrected chi connectivity index (χ2v) is 8.28. The highest BCUT2D eigenvalue weighted by Gasteiger charge is 2.66. The third kappa shape index (κ3) is 2.78. The summed E-state index contributed by atoms with van der Waals surface area (Å²) >= 11 is 6.05. The molecule has 0 aromatic heterocycles. The summed E-state index contributed by atoms with van der Waals surface area (Å²) in [6.45, 7) is 5.89. The second-order valence-electron chi connectivity index (χ2n) is 7.85. The molecule has 1 saturated carbocycles. The van der Waals surface area contributed by atoms with E-state index in [0.717, 1.165) is 56.4 Å². The number of halogens is 1. The summed E-state index contributed by atoms with van der Waals surface area (Å²) in [5, 5.41) is 4.13. The Bertz CT molecular complexity index is 862. The van der Waals surface area contributed by atoms with Gasteiger partial charge in [0, 0.05) is 55.9 Å². The molecule has 4 nitrogen and oxygen atoms in total. The van der Waals surface area contributed by atoms with Gasteiger partial charge in [-0.25, -0.2) is 0 Å². The fourth-order valence-corrected chi connectivity index (χ4v) is 4.97. The van der Waals surface area contributed by atoms with E-state index < -0.39 is 0 Å². The third-order valence-electron chi connectivity index (χ3n) is 6.38. The lowest BCUT2D eigenvalue weighted by molar-refractivity contribution is -0.120. The molecule has 0 unspecified atom stereocenters. The van der Waals surface area contributed by atoms with Crippen LogP contribution in [0.5, 0.6) is 0 Å². The van der Waals surface area contributed by atoms with E-state index in [1.165, 1.54) is 11.1 Å². The Hall–Kier alpha value is -1.88. The van der Waals surface area contributed by atoms with Crippen LogP contribution < -0.4 is 10.2 Å². The molecule has 2 heterocycles. The van der Waals surface area contributed by atoms with Crippen LogP contribution in [0.4, 0.5) is 5.69 Å². The number of fused-ring (bicyclic) bond motifs is 2. The van der Waals surface area contributed by atoms with Crippen LogP contribution in [0.2, 0.25) is 5.02 Å². The summed E-state index contributed by atoms with van der Waals surface area (Å²) in [7, 11) is 0. The molecule has 5 rings (SSSR count). The SMILES string of the molecule is O=C1N(CCN2CCNCC2)c2ccccc2[C@@]12C[C@@H]2c1ccc(Cl)cc1. The average molecular weight is 382 g/mol. The summed E-state index contributed by atoms with van der Waals surface area (Å²) in [5.74, 6) is 0.534. The predicted molar refractivity (Wildman–Crippen MR) is 109 cm³/mol. The van der Waals surface area contributed by atoms with Crippen LogP contribution in [0, 0.1) is 0 Å². The van der Waals surface area contributed by atoms with E-state index in [1.807, 2.05) is 23.1 Å². The zero-order valence-electron chi connectivity index (χ0n) is 15.3. The first-order valence-electron chi connectivity index (χ1n) is 9.80. The molecule has 140 valence electrons. The molecule has 2 aliphatic heterocycles. The van der Waals surface area contributed by atoms with Gasteiger partial charge in [-0.15, -0.1) is 0 Å². The van der Waals surface area contributed by atoms with Crippen LogP contribution in [0.15, 0.2) is 48.5 Å². The van der Waals surface area contributed by atoms with Crippen LogP contribution in [0.25, 0.3) is 0 Å². The molecule has 2 atom stereocenters. The Balaban J connectivity index is 1.41. The van der Waals surface area contributed by atoms with Crippen LogP contribution in [0.1, 0.15) is 23.5 Å². The number of nitrogens with zero attached hydrogens (tertiary/aromatic N) is 2. The van der Waals surface area contributed by atoms with Gasteiger partial charge in [0.2, 0.25) is 5.91 Å². The average Bonchev–Trinajstić information content (AvgIpc) is 3.41.